The largest absolute Gasteiger partial charge is 0.115 e. The van der Waals surface area contributed by atoms with Gasteiger partial charge in [0.15, 0.2) is 0 Å². The highest BCUT2D eigenvalue weighted by atomic mass is 127. The lowest BCUT2D eigenvalue weighted by Gasteiger charge is -1.86. The van der Waals surface area contributed by atoms with Crippen LogP contribution in [0.2, 0.25) is 0 Å². The van der Waals surface area contributed by atoms with E-state index in [1.807, 2.05) is 30.3 Å². The van der Waals surface area contributed by atoms with Crippen LogP contribution in [0.5, 0.6) is 0 Å². The molecule has 0 unspecified atom stereocenters. The van der Waals surface area contributed by atoms with Gasteiger partial charge in [-0.2, -0.15) is 0 Å². The van der Waals surface area contributed by atoms with Gasteiger partial charge in [-0.3, -0.25) is 0 Å². The predicted octanol–water partition coefficient (Wildman–Crippen LogP) is 4.55. The van der Waals surface area contributed by atoms with Crippen molar-refractivity contribution >= 4 is 42.4 Å². The second-order valence-corrected chi connectivity index (χ2v) is 6.58. The first-order chi connectivity index (χ1) is 6.93. The molecule has 2 rings (SSSR count). The Bertz CT molecular complexity index is 324. The van der Waals surface area contributed by atoms with E-state index in [0.29, 0.717) is 42.4 Å². The third-order valence-corrected chi connectivity index (χ3v) is 7.18. The number of hydrogen-bond donors (Lipinski definition) is 0. The Morgan fingerprint density at radius 2 is 1.36 bits per heavy atom. The van der Waals surface area contributed by atoms with Crippen LogP contribution in [0.25, 0.3) is 0 Å². The summed E-state index contributed by atoms with van der Waals surface area (Å²) in [5.74, 6) is 2.53. The van der Waals surface area contributed by atoms with Crippen LogP contribution in [0.4, 0.5) is 0 Å². The maximum Gasteiger partial charge on any atom is 0.0242 e. The molecule has 1 aromatic carbocycles. The van der Waals surface area contributed by atoms with Crippen molar-refractivity contribution in [3.8, 4) is 12.3 Å². The van der Waals surface area contributed by atoms with Crippen molar-refractivity contribution in [1.82, 2.24) is 0 Å². The van der Waals surface area contributed by atoms with E-state index in [1.54, 1.807) is 0 Å². The lowest BCUT2D eigenvalue weighted by atomic mass is 10.2. The third-order valence-electron chi connectivity index (χ3n) is 1.33. The van der Waals surface area contributed by atoms with Crippen LogP contribution in [0.3, 0.4) is 0 Å². The summed E-state index contributed by atoms with van der Waals surface area (Å²) in [6, 6.07) is 9.60. The number of benzene rings is 1. The van der Waals surface area contributed by atoms with Crippen LogP contribution < -0.4 is 0 Å². The van der Waals surface area contributed by atoms with Crippen molar-refractivity contribution in [2.24, 2.45) is 0 Å². The first kappa shape index (κ1) is 11.8. The van der Waals surface area contributed by atoms with Gasteiger partial charge in [0, 0.05) is 5.56 Å². The smallest absolute Gasteiger partial charge is 0.0242 e. The van der Waals surface area contributed by atoms with Crippen molar-refractivity contribution in [2.75, 3.05) is 0 Å². The first-order valence-electron chi connectivity index (χ1n) is 3.99. The van der Waals surface area contributed by atoms with Gasteiger partial charge in [0.1, 0.15) is 0 Å². The van der Waals surface area contributed by atoms with E-state index in [-0.39, 0.29) is 0 Å². The zero-order chi connectivity index (χ0) is 10.1. The van der Waals surface area contributed by atoms with Crippen LogP contribution in [-0.4, -0.2) is 0 Å². The van der Waals surface area contributed by atoms with Crippen molar-refractivity contribution in [1.29, 1.82) is 0 Å². The number of rotatable bonds is 0. The number of terminal acetylenes is 1. The summed E-state index contributed by atoms with van der Waals surface area (Å²) in [7, 11) is 0. The number of halogens is 2. The van der Waals surface area contributed by atoms with Crippen molar-refractivity contribution in [2.45, 2.75) is 0 Å². The Balaban J connectivity index is 0.000000146. The molecule has 72 valence electrons. The van der Waals surface area contributed by atoms with Crippen molar-refractivity contribution < 1.29 is 0 Å². The summed E-state index contributed by atoms with van der Waals surface area (Å²) in [4.78, 5) is 0. The average molecular weight is 408 g/mol. The highest BCUT2D eigenvalue weighted by Crippen LogP contribution is 2.29. The minimum absolute atomic E-state index is 0.381. The molecular formula is C12H10I2. The van der Waals surface area contributed by atoms with E-state index >= 15 is 0 Å². The molecule has 0 saturated heterocycles. The maximum absolute atomic E-state index is 5.10. The van der Waals surface area contributed by atoms with Crippen LogP contribution in [-0.2, 0) is 0 Å². The highest BCUT2D eigenvalue weighted by Gasteiger charge is 1.77. The second kappa shape index (κ2) is 8.06. The molecule has 1 aromatic rings. The van der Waals surface area contributed by atoms with Gasteiger partial charge in [0.25, 0.3) is 0 Å². The monoisotopic (exact) mass is 408 g/mol. The quantitative estimate of drug-likeness (QED) is 0.437. The topological polar surface area (TPSA) is 0 Å². The fraction of sp³-hybridized carbons (Fsp3) is 0. The van der Waals surface area contributed by atoms with E-state index in [9.17, 15) is 0 Å². The summed E-state index contributed by atoms with van der Waals surface area (Å²) in [6.07, 6.45) is 5.10. The molecule has 14 heavy (non-hydrogen) atoms. The SMILES string of the molecule is C#Cc1ccccc1.C1=C[I]C=C[I]1. The molecule has 0 aliphatic carbocycles. The lowest BCUT2D eigenvalue weighted by molar-refractivity contribution is 1.65. The minimum atomic E-state index is 0.381. The molecular weight excluding hydrogens is 398 g/mol. The fourth-order valence-corrected chi connectivity index (χ4v) is 6.05. The molecule has 0 amide bonds. The van der Waals surface area contributed by atoms with Gasteiger partial charge >= 0.3 is 0 Å². The van der Waals surface area contributed by atoms with E-state index in [2.05, 4.69) is 22.3 Å². The van der Waals surface area contributed by atoms with E-state index in [1.165, 1.54) is 0 Å². The van der Waals surface area contributed by atoms with Crippen LogP contribution in [0, 0.1) is 12.3 Å². The molecule has 0 fully saturated rings. The normalized spacial score (nSPS) is 12.5. The minimum Gasteiger partial charge on any atom is -0.115 e. The lowest BCUT2D eigenvalue weighted by Crippen LogP contribution is -1.66. The molecule has 0 aromatic heterocycles. The third kappa shape index (κ3) is 5.45. The molecule has 0 saturated carbocycles. The van der Waals surface area contributed by atoms with E-state index in [4.69, 9.17) is 6.42 Å². The summed E-state index contributed by atoms with van der Waals surface area (Å²) < 4.78 is 9.36. The predicted molar refractivity (Wildman–Crippen MR) is 80.7 cm³/mol. The summed E-state index contributed by atoms with van der Waals surface area (Å²) >= 11 is 0.762. The molecule has 1 aliphatic rings. The summed E-state index contributed by atoms with van der Waals surface area (Å²) in [5.41, 5.74) is 0.938. The Labute approximate surface area is 106 Å². The van der Waals surface area contributed by atoms with Crippen molar-refractivity contribution in [3.63, 3.8) is 0 Å². The molecule has 2 heteroatoms. The highest BCUT2D eigenvalue weighted by molar-refractivity contribution is 14.2. The standard InChI is InChI=1S/C8H6.C4H4I2/c1-2-8-6-4-3-5-7-8;1-2-6-4-3-5-1/h1,3-7H;1-4H. The molecule has 0 N–H and O–H groups in total. The van der Waals surface area contributed by atoms with Gasteiger partial charge in [-0.25, -0.2) is 0 Å². The van der Waals surface area contributed by atoms with E-state index in [0.717, 1.165) is 5.56 Å². The van der Waals surface area contributed by atoms with Gasteiger partial charge in [0.05, 0.1) is 0 Å². The maximum atomic E-state index is 5.10. The zero-order valence-electron chi connectivity index (χ0n) is 7.53. The zero-order valence-corrected chi connectivity index (χ0v) is 11.8. The summed E-state index contributed by atoms with van der Waals surface area (Å²) in [5, 5.41) is 0. The van der Waals surface area contributed by atoms with Gasteiger partial charge in [-0.15, -0.1) is 6.42 Å². The Morgan fingerprint density at radius 1 is 0.857 bits per heavy atom. The van der Waals surface area contributed by atoms with E-state index < -0.39 is 0 Å². The van der Waals surface area contributed by atoms with Gasteiger partial charge in [-0.1, -0.05) is 66.5 Å². The fourth-order valence-electron chi connectivity index (χ4n) is 0.728. The molecule has 0 nitrogen and oxygen atoms in total. The van der Waals surface area contributed by atoms with Crippen molar-refractivity contribution in [3.05, 3.63) is 52.2 Å². The molecule has 1 heterocycles. The Hall–Kier alpha value is -0.280. The van der Waals surface area contributed by atoms with Crippen LogP contribution >= 0.6 is 42.4 Å². The number of hydrogen-bond acceptors (Lipinski definition) is 0. The Kier molecular flexibility index (Phi) is 6.79. The average Bonchev–Trinajstić information content (AvgIpc) is 2.33. The molecule has 2 radical (unpaired) electrons. The molecule has 0 bridgehead atoms. The van der Waals surface area contributed by atoms with Gasteiger partial charge in [0.2, 0.25) is 0 Å². The molecule has 0 spiro atoms. The van der Waals surface area contributed by atoms with Gasteiger partial charge < -0.3 is 0 Å². The Morgan fingerprint density at radius 3 is 1.64 bits per heavy atom. The molecule has 1 aliphatic heterocycles. The second-order valence-electron chi connectivity index (χ2n) is 2.27. The summed E-state index contributed by atoms with van der Waals surface area (Å²) in [6.45, 7) is 0. The molecule has 0 atom stereocenters. The van der Waals surface area contributed by atoms with Gasteiger partial charge in [-0.05, 0) is 28.5 Å². The first-order valence-corrected chi connectivity index (χ1v) is 8.97. The van der Waals surface area contributed by atoms with Crippen LogP contribution in [0.15, 0.2) is 46.7 Å². The van der Waals surface area contributed by atoms with Crippen LogP contribution in [0.1, 0.15) is 5.56 Å².